The van der Waals surface area contributed by atoms with Crippen LogP contribution in [0.15, 0.2) is 0 Å². The summed E-state index contributed by atoms with van der Waals surface area (Å²) in [5, 5.41) is 20.1. The van der Waals surface area contributed by atoms with Crippen molar-refractivity contribution in [3.63, 3.8) is 0 Å². The molecule has 1 N–H and O–H groups in total. The van der Waals surface area contributed by atoms with Gasteiger partial charge in [-0.2, -0.15) is 0 Å². The molecule has 120 valence electrons. The fraction of sp³-hybridized carbons (Fsp3) is 0.938. The van der Waals surface area contributed by atoms with Gasteiger partial charge < -0.3 is 15.1 Å². The summed E-state index contributed by atoms with van der Waals surface area (Å²) < 4.78 is 9.65. The summed E-state index contributed by atoms with van der Waals surface area (Å²) in [7, 11) is 0. The van der Waals surface area contributed by atoms with Crippen LogP contribution in [-0.4, -0.2) is 22.8 Å². The predicted octanol–water partition coefficient (Wildman–Crippen LogP) is 2.89. The molecule has 0 aliphatic carbocycles. The van der Waals surface area contributed by atoms with Crippen molar-refractivity contribution in [2.45, 2.75) is 91.8 Å². The maximum atomic E-state index is 10.7. The second-order valence-corrected chi connectivity index (χ2v) is 7.49. The lowest BCUT2D eigenvalue weighted by Gasteiger charge is -2.20. The monoisotopic (exact) mass is 288 g/mol. The van der Waals surface area contributed by atoms with E-state index >= 15 is 0 Å². The largest absolute Gasteiger partial charge is 0.588 e. The number of carbonyl (C=O) groups excluding carboxylic acids is 1. The zero-order chi connectivity index (χ0) is 15.8. The minimum atomic E-state index is -0.584. The molecule has 1 unspecified atom stereocenters. The van der Waals surface area contributed by atoms with Gasteiger partial charge in [-0.15, -0.1) is 0 Å². The van der Waals surface area contributed by atoms with E-state index in [1.807, 2.05) is 13.8 Å². The highest BCUT2D eigenvalue weighted by molar-refractivity contribution is 5.70. The number of ether oxygens (including phenoxy) is 1. The second-order valence-electron chi connectivity index (χ2n) is 7.49. The lowest BCUT2D eigenvalue weighted by atomic mass is 9.89. The van der Waals surface area contributed by atoms with Crippen molar-refractivity contribution in [2.24, 2.45) is 5.41 Å². The number of aliphatic hydroxyl groups excluding tert-OH is 1. The van der Waals surface area contributed by atoms with Gasteiger partial charge in [0.25, 0.3) is 0 Å². The molecule has 0 saturated heterocycles. The molecule has 4 heteroatoms. The highest BCUT2D eigenvalue weighted by Gasteiger charge is 2.32. The average Bonchev–Trinajstić information content (AvgIpc) is 2.23. The third kappa shape index (κ3) is 11.1. The van der Waals surface area contributed by atoms with Crippen LogP contribution in [0, 0.1) is 5.41 Å². The van der Waals surface area contributed by atoms with Crippen molar-refractivity contribution in [1.29, 1.82) is 0 Å². The van der Waals surface area contributed by atoms with Crippen LogP contribution in [-0.2, 0) is 9.31 Å². The lowest BCUT2D eigenvalue weighted by molar-refractivity contribution is -1.05. The van der Waals surface area contributed by atoms with Gasteiger partial charge in [0.05, 0.1) is 6.10 Å². The Kier molecular flexibility index (Phi) is 8.17. The van der Waals surface area contributed by atoms with E-state index in [0.717, 1.165) is 19.3 Å². The van der Waals surface area contributed by atoms with Gasteiger partial charge in [0.15, 0.2) is 0 Å². The molecule has 0 heterocycles. The molecule has 0 rings (SSSR count). The smallest absolute Gasteiger partial charge is 0.497 e. The first-order valence-electron chi connectivity index (χ1n) is 7.58. The second kappa shape index (κ2) is 8.50. The number of esters is 1. The SMILES string of the molecule is CC(O)CC(C)(C)OC(CCCCCC(C)(C)C)=[O+][O-]. The summed E-state index contributed by atoms with van der Waals surface area (Å²) in [6.07, 6.45) is 4.79. The Balaban J connectivity index is 4.00. The summed E-state index contributed by atoms with van der Waals surface area (Å²) in [6.45, 7) is 12.1. The minimum Gasteiger partial charge on any atom is -0.588 e. The molecule has 0 spiro atoms. The lowest BCUT2D eigenvalue weighted by Crippen LogP contribution is -2.33. The zero-order valence-corrected chi connectivity index (χ0v) is 14.0. The van der Waals surface area contributed by atoms with E-state index in [-0.39, 0.29) is 5.97 Å². The summed E-state index contributed by atoms with van der Waals surface area (Å²) in [5.41, 5.74) is -0.226. The minimum absolute atomic E-state index is 0.131. The molecule has 0 aliphatic rings. The van der Waals surface area contributed by atoms with Gasteiger partial charge >= 0.3 is 5.97 Å². The number of hydrogen-bond donors (Lipinski definition) is 1. The normalized spacial score (nSPS) is 15.2. The zero-order valence-electron chi connectivity index (χ0n) is 14.0. The summed E-state index contributed by atoms with van der Waals surface area (Å²) in [6, 6.07) is 0. The number of aliphatic hydroxyl groups is 1. The predicted molar refractivity (Wildman–Crippen MR) is 79.0 cm³/mol. The highest BCUT2D eigenvalue weighted by atomic mass is 17.1. The first-order valence-corrected chi connectivity index (χ1v) is 7.58. The van der Waals surface area contributed by atoms with Gasteiger partial charge in [0.2, 0.25) is 5.60 Å². The fourth-order valence-corrected chi connectivity index (χ4v) is 2.27. The van der Waals surface area contributed by atoms with Crippen molar-refractivity contribution < 1.29 is 19.7 Å². The van der Waals surface area contributed by atoms with E-state index < -0.39 is 11.7 Å². The van der Waals surface area contributed by atoms with E-state index in [9.17, 15) is 10.4 Å². The molecular formula is C16H32O4. The Hall–Kier alpha value is -0.770. The van der Waals surface area contributed by atoms with E-state index in [4.69, 9.17) is 4.74 Å². The first-order chi connectivity index (χ1) is 9.06. The molecule has 0 fully saturated rings. The van der Waals surface area contributed by atoms with Crippen LogP contribution in [0.4, 0.5) is 0 Å². The van der Waals surface area contributed by atoms with Crippen molar-refractivity contribution in [1.82, 2.24) is 0 Å². The van der Waals surface area contributed by atoms with Crippen molar-refractivity contribution >= 4 is 5.97 Å². The van der Waals surface area contributed by atoms with Crippen LogP contribution < -0.4 is 5.26 Å². The Morgan fingerprint density at radius 1 is 1.15 bits per heavy atom. The van der Waals surface area contributed by atoms with Crippen LogP contribution in [0.25, 0.3) is 0 Å². The van der Waals surface area contributed by atoms with Crippen LogP contribution in [0.3, 0.4) is 0 Å². The van der Waals surface area contributed by atoms with Crippen molar-refractivity contribution in [3.05, 3.63) is 0 Å². The van der Waals surface area contributed by atoms with Crippen molar-refractivity contribution in [3.8, 4) is 0 Å². The topological polar surface area (TPSA) is 63.8 Å². The average molecular weight is 288 g/mol. The molecule has 1 atom stereocenters. The molecule has 0 aromatic carbocycles. The van der Waals surface area contributed by atoms with Gasteiger partial charge in [-0.3, -0.25) is 4.58 Å². The third-order valence-corrected chi connectivity index (χ3v) is 3.08. The molecule has 0 bridgehead atoms. The molecule has 0 aromatic heterocycles. The van der Waals surface area contributed by atoms with Gasteiger partial charge in [-0.1, -0.05) is 33.6 Å². The van der Waals surface area contributed by atoms with Crippen LogP contribution in [0.5, 0.6) is 0 Å². The van der Waals surface area contributed by atoms with Gasteiger partial charge in [-0.25, -0.2) is 0 Å². The number of unbranched alkanes of at least 4 members (excludes halogenated alkanes) is 2. The molecule has 0 aromatic rings. The highest BCUT2D eigenvalue weighted by Crippen LogP contribution is 2.23. The van der Waals surface area contributed by atoms with Gasteiger partial charge in [-0.05, 0) is 25.2 Å². The first kappa shape index (κ1) is 19.2. The van der Waals surface area contributed by atoms with E-state index in [1.54, 1.807) is 6.92 Å². The summed E-state index contributed by atoms with van der Waals surface area (Å²) in [4.78, 5) is 0. The van der Waals surface area contributed by atoms with Gasteiger partial charge in [0.1, 0.15) is 6.42 Å². The molecule has 20 heavy (non-hydrogen) atoms. The molecule has 0 radical (unpaired) electrons. The molecule has 0 aliphatic heterocycles. The van der Waals surface area contributed by atoms with E-state index in [2.05, 4.69) is 25.3 Å². The van der Waals surface area contributed by atoms with Crippen LogP contribution in [0.2, 0.25) is 0 Å². The molecular weight excluding hydrogens is 256 g/mol. The van der Waals surface area contributed by atoms with Crippen molar-refractivity contribution in [2.75, 3.05) is 0 Å². The maximum Gasteiger partial charge on any atom is 0.497 e. The molecule has 4 nitrogen and oxygen atoms in total. The van der Waals surface area contributed by atoms with E-state index in [1.165, 1.54) is 6.42 Å². The third-order valence-electron chi connectivity index (χ3n) is 3.08. The summed E-state index contributed by atoms with van der Waals surface area (Å²) >= 11 is 0. The number of rotatable bonds is 8. The number of hydrogen-bond acceptors (Lipinski definition) is 3. The Labute approximate surface area is 123 Å². The van der Waals surface area contributed by atoms with E-state index in [0.29, 0.717) is 18.3 Å². The Morgan fingerprint density at radius 2 is 1.75 bits per heavy atom. The summed E-state index contributed by atoms with van der Waals surface area (Å²) in [5.74, 6) is 0.131. The molecule has 0 amide bonds. The molecule has 0 saturated carbocycles. The van der Waals surface area contributed by atoms with Crippen LogP contribution >= 0.6 is 0 Å². The fourth-order valence-electron chi connectivity index (χ4n) is 2.27. The van der Waals surface area contributed by atoms with Gasteiger partial charge in [0, 0.05) is 20.3 Å². The Morgan fingerprint density at radius 3 is 2.20 bits per heavy atom. The maximum absolute atomic E-state index is 10.7. The standard InChI is InChI=1S/C16H32O4/c1-13(17)12-16(5,6)19-14(20-18)10-8-7-9-11-15(2,3)4/h13,17H,7-12H2,1-6H3. The van der Waals surface area contributed by atoms with Crippen LogP contribution in [0.1, 0.15) is 80.1 Å². The quantitative estimate of drug-likeness (QED) is 0.245. The Bertz CT molecular complexity index is 287.